The van der Waals surface area contributed by atoms with Crippen molar-refractivity contribution in [1.82, 2.24) is 9.88 Å². The number of pyridine rings is 1. The number of carbonyl (C=O) groups is 1. The van der Waals surface area contributed by atoms with Gasteiger partial charge in [-0.25, -0.2) is 4.98 Å². The summed E-state index contributed by atoms with van der Waals surface area (Å²) in [6.07, 6.45) is 3.02. The second-order valence-corrected chi connectivity index (χ2v) is 4.52. The van der Waals surface area contributed by atoms with E-state index in [1.165, 1.54) is 6.08 Å². The first-order chi connectivity index (χ1) is 9.17. The van der Waals surface area contributed by atoms with Gasteiger partial charge in [0.05, 0.1) is 5.56 Å². The molecular formula is C14H16N4O. The van der Waals surface area contributed by atoms with E-state index in [0.717, 1.165) is 0 Å². The number of nitriles is 1. The molecule has 1 aromatic heterocycles. The summed E-state index contributed by atoms with van der Waals surface area (Å²) in [6, 6.07) is 5.74. The number of piperazine rings is 1. The summed E-state index contributed by atoms with van der Waals surface area (Å²) in [6.45, 7) is 7.47. The molecule has 1 aromatic rings. The first-order valence-corrected chi connectivity index (χ1v) is 6.20. The van der Waals surface area contributed by atoms with E-state index < -0.39 is 0 Å². The zero-order valence-electron chi connectivity index (χ0n) is 10.9. The molecule has 1 atom stereocenters. The quantitative estimate of drug-likeness (QED) is 0.745. The molecule has 5 nitrogen and oxygen atoms in total. The third-order valence-electron chi connectivity index (χ3n) is 3.29. The van der Waals surface area contributed by atoms with Gasteiger partial charge in [0.25, 0.3) is 0 Å². The minimum Gasteiger partial charge on any atom is -0.352 e. The number of amides is 1. The monoisotopic (exact) mass is 256 g/mol. The molecule has 0 bridgehead atoms. The minimum atomic E-state index is -0.0475. The molecule has 98 valence electrons. The normalized spacial score (nSPS) is 18.8. The number of rotatable bonds is 2. The van der Waals surface area contributed by atoms with E-state index in [-0.39, 0.29) is 11.9 Å². The predicted octanol–water partition coefficient (Wildman–Crippen LogP) is 1.18. The molecule has 0 saturated carbocycles. The van der Waals surface area contributed by atoms with Crippen molar-refractivity contribution in [1.29, 1.82) is 5.26 Å². The molecule has 5 heteroatoms. The summed E-state index contributed by atoms with van der Waals surface area (Å²) in [5, 5.41) is 9.10. The van der Waals surface area contributed by atoms with Crippen LogP contribution in [0.2, 0.25) is 0 Å². The van der Waals surface area contributed by atoms with Crippen LogP contribution in [-0.2, 0) is 4.79 Å². The molecule has 0 aliphatic carbocycles. The molecule has 2 rings (SSSR count). The Morgan fingerprint density at radius 2 is 2.42 bits per heavy atom. The van der Waals surface area contributed by atoms with Crippen LogP contribution in [0, 0.1) is 11.3 Å². The topological polar surface area (TPSA) is 60.2 Å². The van der Waals surface area contributed by atoms with Crippen LogP contribution in [0.3, 0.4) is 0 Å². The van der Waals surface area contributed by atoms with Gasteiger partial charge in [-0.1, -0.05) is 6.58 Å². The zero-order valence-corrected chi connectivity index (χ0v) is 10.9. The number of carbonyl (C=O) groups excluding carboxylic acids is 1. The fraction of sp³-hybridized carbons (Fsp3) is 0.357. The molecule has 2 heterocycles. The Morgan fingerprint density at radius 1 is 1.63 bits per heavy atom. The van der Waals surface area contributed by atoms with E-state index in [9.17, 15) is 4.79 Å². The fourth-order valence-electron chi connectivity index (χ4n) is 2.33. The van der Waals surface area contributed by atoms with Crippen molar-refractivity contribution in [2.75, 3.05) is 24.5 Å². The van der Waals surface area contributed by atoms with Gasteiger partial charge in [-0.2, -0.15) is 5.26 Å². The van der Waals surface area contributed by atoms with E-state index in [2.05, 4.69) is 22.5 Å². The summed E-state index contributed by atoms with van der Waals surface area (Å²) < 4.78 is 0. The Labute approximate surface area is 112 Å². The van der Waals surface area contributed by atoms with Crippen LogP contribution in [0.4, 0.5) is 5.82 Å². The highest BCUT2D eigenvalue weighted by atomic mass is 16.2. The number of hydrogen-bond acceptors (Lipinski definition) is 4. The van der Waals surface area contributed by atoms with Crippen molar-refractivity contribution >= 4 is 11.7 Å². The van der Waals surface area contributed by atoms with Gasteiger partial charge >= 0.3 is 0 Å². The van der Waals surface area contributed by atoms with Crippen molar-refractivity contribution in [3.8, 4) is 6.07 Å². The molecule has 0 spiro atoms. The third kappa shape index (κ3) is 2.58. The van der Waals surface area contributed by atoms with Crippen molar-refractivity contribution < 1.29 is 4.79 Å². The van der Waals surface area contributed by atoms with Crippen LogP contribution in [-0.4, -0.2) is 41.5 Å². The van der Waals surface area contributed by atoms with Crippen LogP contribution >= 0.6 is 0 Å². The average Bonchev–Trinajstić information content (AvgIpc) is 2.46. The van der Waals surface area contributed by atoms with Crippen molar-refractivity contribution in [3.05, 3.63) is 36.5 Å². The van der Waals surface area contributed by atoms with Gasteiger partial charge in [0, 0.05) is 31.9 Å². The zero-order chi connectivity index (χ0) is 13.8. The summed E-state index contributed by atoms with van der Waals surface area (Å²) in [4.78, 5) is 19.8. The lowest BCUT2D eigenvalue weighted by Crippen LogP contribution is -2.54. The van der Waals surface area contributed by atoms with Gasteiger partial charge in [0.15, 0.2) is 0 Å². The summed E-state index contributed by atoms with van der Waals surface area (Å²) in [5.74, 6) is 0.649. The highest BCUT2D eigenvalue weighted by Gasteiger charge is 2.27. The molecule has 1 aliphatic rings. The van der Waals surface area contributed by atoms with Crippen LogP contribution in [0.25, 0.3) is 0 Å². The largest absolute Gasteiger partial charge is 0.352 e. The molecule has 0 N–H and O–H groups in total. The molecule has 1 saturated heterocycles. The first-order valence-electron chi connectivity index (χ1n) is 6.20. The Balaban J connectivity index is 2.16. The number of hydrogen-bond donors (Lipinski definition) is 0. The summed E-state index contributed by atoms with van der Waals surface area (Å²) in [7, 11) is 0. The fourth-order valence-corrected chi connectivity index (χ4v) is 2.33. The standard InChI is InChI=1S/C14H16N4O/c1-3-13(19)18-8-7-17(10-11(18)2)14-12(9-15)5-4-6-16-14/h3-6,11H,1,7-8,10H2,2H3. The maximum absolute atomic E-state index is 11.7. The Kier molecular flexibility index (Phi) is 3.81. The van der Waals surface area contributed by atoms with Crippen LogP contribution in [0.5, 0.6) is 0 Å². The van der Waals surface area contributed by atoms with Crippen LogP contribution in [0.1, 0.15) is 12.5 Å². The molecular weight excluding hydrogens is 240 g/mol. The number of anilines is 1. The van der Waals surface area contributed by atoms with Gasteiger partial charge in [-0.15, -0.1) is 0 Å². The van der Waals surface area contributed by atoms with Crippen molar-refractivity contribution in [3.63, 3.8) is 0 Å². The Bertz CT molecular complexity index is 534. The highest BCUT2D eigenvalue weighted by molar-refractivity contribution is 5.87. The van der Waals surface area contributed by atoms with Crippen molar-refractivity contribution in [2.24, 2.45) is 0 Å². The molecule has 0 aromatic carbocycles. The first kappa shape index (κ1) is 13.1. The second kappa shape index (κ2) is 5.53. The molecule has 1 fully saturated rings. The SMILES string of the molecule is C=CC(=O)N1CCN(c2ncccc2C#N)CC1C. The highest BCUT2D eigenvalue weighted by Crippen LogP contribution is 2.20. The number of aromatic nitrogens is 1. The van der Waals surface area contributed by atoms with E-state index in [1.807, 2.05) is 6.92 Å². The van der Waals surface area contributed by atoms with E-state index in [1.54, 1.807) is 23.2 Å². The molecule has 1 aliphatic heterocycles. The Morgan fingerprint density at radius 3 is 3.05 bits per heavy atom. The van der Waals surface area contributed by atoms with E-state index in [4.69, 9.17) is 5.26 Å². The lowest BCUT2D eigenvalue weighted by molar-refractivity contribution is -0.128. The molecule has 0 radical (unpaired) electrons. The van der Waals surface area contributed by atoms with Gasteiger partial charge in [0.2, 0.25) is 5.91 Å². The smallest absolute Gasteiger partial charge is 0.246 e. The molecule has 1 amide bonds. The lowest BCUT2D eigenvalue weighted by atomic mass is 10.1. The third-order valence-corrected chi connectivity index (χ3v) is 3.29. The van der Waals surface area contributed by atoms with E-state index >= 15 is 0 Å². The minimum absolute atomic E-state index is 0.0475. The maximum atomic E-state index is 11.7. The molecule has 1 unspecified atom stereocenters. The van der Waals surface area contributed by atoms with Gasteiger partial charge in [0.1, 0.15) is 11.9 Å². The van der Waals surface area contributed by atoms with Crippen LogP contribution < -0.4 is 4.90 Å². The lowest BCUT2D eigenvalue weighted by Gasteiger charge is -2.40. The molecule has 19 heavy (non-hydrogen) atoms. The Hall–Kier alpha value is -2.35. The van der Waals surface area contributed by atoms with Crippen molar-refractivity contribution in [2.45, 2.75) is 13.0 Å². The second-order valence-electron chi connectivity index (χ2n) is 4.52. The van der Waals surface area contributed by atoms with E-state index in [0.29, 0.717) is 31.0 Å². The van der Waals surface area contributed by atoms with Crippen LogP contribution in [0.15, 0.2) is 31.0 Å². The van der Waals surface area contributed by atoms with Gasteiger partial charge in [-0.05, 0) is 25.1 Å². The van der Waals surface area contributed by atoms with Gasteiger partial charge in [-0.3, -0.25) is 4.79 Å². The summed E-state index contributed by atoms with van der Waals surface area (Å²) in [5.41, 5.74) is 0.568. The number of nitrogens with zero attached hydrogens (tertiary/aromatic N) is 4. The average molecular weight is 256 g/mol. The predicted molar refractivity (Wildman–Crippen MR) is 72.5 cm³/mol. The van der Waals surface area contributed by atoms with Gasteiger partial charge < -0.3 is 9.80 Å². The maximum Gasteiger partial charge on any atom is 0.246 e. The summed E-state index contributed by atoms with van der Waals surface area (Å²) >= 11 is 0.